The molecule has 29 heavy (non-hydrogen) atoms. The van der Waals surface area contributed by atoms with E-state index < -0.39 is 12.2 Å². The largest absolute Gasteiger partial charge is 0.493 e. The average Bonchev–Trinajstić information content (AvgIpc) is 3.07. The van der Waals surface area contributed by atoms with Crippen molar-refractivity contribution < 1.29 is 33.2 Å². The van der Waals surface area contributed by atoms with E-state index in [1.54, 1.807) is 26.4 Å². The number of para-hydroxylation sites is 2. The number of benzene rings is 2. The predicted octanol–water partition coefficient (Wildman–Crippen LogP) is 3.35. The zero-order chi connectivity index (χ0) is 20.2. The lowest BCUT2D eigenvalue weighted by atomic mass is 10.2. The van der Waals surface area contributed by atoms with Crippen LogP contribution in [0.3, 0.4) is 0 Å². The van der Waals surface area contributed by atoms with Gasteiger partial charge in [-0.1, -0.05) is 24.3 Å². The molecule has 2 aromatic carbocycles. The lowest BCUT2D eigenvalue weighted by Crippen LogP contribution is -2.45. The van der Waals surface area contributed by atoms with E-state index in [0.29, 0.717) is 29.4 Å². The molecule has 1 fully saturated rings. The Balaban J connectivity index is 1.52. The van der Waals surface area contributed by atoms with E-state index in [1.807, 2.05) is 36.4 Å². The summed E-state index contributed by atoms with van der Waals surface area (Å²) in [6.07, 6.45) is -1.03. The second-order valence-corrected chi connectivity index (χ2v) is 6.95. The Morgan fingerprint density at radius 1 is 1.07 bits per heavy atom. The highest BCUT2D eigenvalue weighted by atomic mass is 32.1. The predicted molar refractivity (Wildman–Crippen MR) is 108 cm³/mol. The topological polar surface area (TPSA) is 64.6 Å². The molecule has 154 valence electrons. The molecule has 4 rings (SSSR count). The van der Waals surface area contributed by atoms with Crippen LogP contribution in [0.15, 0.2) is 48.5 Å². The molecule has 0 spiro atoms. The lowest BCUT2D eigenvalue weighted by molar-refractivity contribution is -0.111. The third kappa shape index (κ3) is 4.24. The van der Waals surface area contributed by atoms with E-state index in [4.69, 9.17) is 45.4 Å². The summed E-state index contributed by atoms with van der Waals surface area (Å²) >= 11 is 5.30. The second-order valence-electron chi connectivity index (χ2n) is 6.62. The van der Waals surface area contributed by atoms with Gasteiger partial charge in [-0.3, -0.25) is 0 Å². The van der Waals surface area contributed by atoms with E-state index in [1.165, 1.54) is 0 Å². The van der Waals surface area contributed by atoms with Crippen molar-refractivity contribution in [1.29, 1.82) is 0 Å². The SMILES string of the molecule is COCOC1CC2Oc3c(OC)cccc3OC2C1OC(=S)Oc1ccccc1. The Bertz CT molecular complexity index is 844. The summed E-state index contributed by atoms with van der Waals surface area (Å²) in [5.74, 6) is 2.37. The lowest BCUT2D eigenvalue weighted by Gasteiger charge is -2.32. The number of fused-ring (bicyclic) bond motifs is 2. The van der Waals surface area contributed by atoms with Crippen molar-refractivity contribution in [2.45, 2.75) is 30.8 Å². The first-order valence-corrected chi connectivity index (χ1v) is 9.64. The molecule has 8 heteroatoms. The highest BCUT2D eigenvalue weighted by Crippen LogP contribution is 2.46. The molecule has 0 N–H and O–H groups in total. The molecule has 0 aromatic heterocycles. The van der Waals surface area contributed by atoms with Crippen molar-refractivity contribution in [2.75, 3.05) is 21.0 Å². The number of rotatable bonds is 6. The van der Waals surface area contributed by atoms with Crippen LogP contribution in [-0.4, -0.2) is 50.7 Å². The molecule has 0 saturated heterocycles. The van der Waals surface area contributed by atoms with Crippen LogP contribution in [0.5, 0.6) is 23.0 Å². The molecule has 2 aromatic rings. The molecule has 0 radical (unpaired) electrons. The van der Waals surface area contributed by atoms with Gasteiger partial charge in [0.15, 0.2) is 23.7 Å². The van der Waals surface area contributed by atoms with Gasteiger partial charge in [0.1, 0.15) is 24.8 Å². The van der Waals surface area contributed by atoms with Gasteiger partial charge < -0.3 is 33.2 Å². The Morgan fingerprint density at radius 2 is 1.90 bits per heavy atom. The molecule has 4 unspecified atom stereocenters. The number of hydrogen-bond donors (Lipinski definition) is 0. The van der Waals surface area contributed by atoms with Gasteiger partial charge in [-0.15, -0.1) is 0 Å². The monoisotopic (exact) mass is 418 g/mol. The first kappa shape index (κ1) is 19.8. The minimum Gasteiger partial charge on any atom is -0.493 e. The molecule has 1 aliphatic heterocycles. The van der Waals surface area contributed by atoms with E-state index >= 15 is 0 Å². The highest BCUT2D eigenvalue weighted by Gasteiger charge is 2.52. The molecule has 4 atom stereocenters. The van der Waals surface area contributed by atoms with Gasteiger partial charge in [-0.05, 0) is 24.3 Å². The van der Waals surface area contributed by atoms with E-state index in [2.05, 4.69) is 0 Å². The molecule has 1 aliphatic carbocycles. The van der Waals surface area contributed by atoms with E-state index in [-0.39, 0.29) is 24.2 Å². The van der Waals surface area contributed by atoms with Crippen molar-refractivity contribution in [3.05, 3.63) is 48.5 Å². The van der Waals surface area contributed by atoms with Gasteiger partial charge >= 0.3 is 5.24 Å². The maximum Gasteiger partial charge on any atom is 0.358 e. The van der Waals surface area contributed by atoms with Gasteiger partial charge in [0.25, 0.3) is 0 Å². The summed E-state index contributed by atoms with van der Waals surface area (Å²) in [7, 11) is 3.16. The summed E-state index contributed by atoms with van der Waals surface area (Å²) in [5.41, 5.74) is 0. The average molecular weight is 418 g/mol. The van der Waals surface area contributed by atoms with E-state index in [0.717, 1.165) is 0 Å². The van der Waals surface area contributed by atoms with Crippen molar-refractivity contribution in [3.63, 3.8) is 0 Å². The third-order valence-electron chi connectivity index (χ3n) is 4.79. The second kappa shape index (κ2) is 8.86. The molecule has 0 bridgehead atoms. The Kier molecular flexibility index (Phi) is 6.03. The zero-order valence-electron chi connectivity index (χ0n) is 16.1. The summed E-state index contributed by atoms with van der Waals surface area (Å²) in [5, 5.41) is -0.00657. The summed E-state index contributed by atoms with van der Waals surface area (Å²) in [6.45, 7) is 0.118. The molecule has 1 heterocycles. The van der Waals surface area contributed by atoms with Gasteiger partial charge in [-0.25, -0.2) is 0 Å². The fourth-order valence-electron chi connectivity index (χ4n) is 3.52. The van der Waals surface area contributed by atoms with Gasteiger partial charge in [0.2, 0.25) is 5.75 Å². The minimum absolute atomic E-state index is 0.00657. The first-order chi connectivity index (χ1) is 14.2. The standard InChI is InChI=1S/C21H22O7S/c1-22-12-24-16-11-17-20(26-15-10-6-9-14(23-2)18(15)27-17)19(16)28-21(29)25-13-7-4-3-5-8-13/h3-10,16-17,19-20H,11-12H2,1-2H3. The maximum atomic E-state index is 6.21. The summed E-state index contributed by atoms with van der Waals surface area (Å²) in [6, 6.07) is 14.7. The van der Waals surface area contributed by atoms with Crippen molar-refractivity contribution >= 4 is 17.5 Å². The molecular formula is C21H22O7S. The highest BCUT2D eigenvalue weighted by molar-refractivity contribution is 7.79. The van der Waals surface area contributed by atoms with Crippen molar-refractivity contribution in [2.24, 2.45) is 0 Å². The summed E-state index contributed by atoms with van der Waals surface area (Å²) in [4.78, 5) is 0. The third-order valence-corrected chi connectivity index (χ3v) is 4.97. The molecule has 0 amide bonds. The van der Waals surface area contributed by atoms with Crippen LogP contribution in [0.1, 0.15) is 6.42 Å². The fraction of sp³-hybridized carbons (Fsp3) is 0.381. The van der Waals surface area contributed by atoms with Crippen LogP contribution in [0, 0.1) is 0 Å². The number of methoxy groups -OCH3 is 2. The normalized spacial score (nSPS) is 24.5. The fourth-order valence-corrected chi connectivity index (χ4v) is 3.73. The number of ether oxygens (including phenoxy) is 7. The quantitative estimate of drug-likeness (QED) is 0.523. The zero-order valence-corrected chi connectivity index (χ0v) is 16.9. The Labute approximate surface area is 174 Å². The van der Waals surface area contributed by atoms with Crippen LogP contribution >= 0.6 is 12.2 Å². The van der Waals surface area contributed by atoms with Gasteiger partial charge in [0.05, 0.1) is 7.11 Å². The van der Waals surface area contributed by atoms with Crippen molar-refractivity contribution in [3.8, 4) is 23.0 Å². The molecule has 7 nitrogen and oxygen atoms in total. The Morgan fingerprint density at radius 3 is 2.66 bits per heavy atom. The van der Waals surface area contributed by atoms with E-state index in [9.17, 15) is 0 Å². The smallest absolute Gasteiger partial charge is 0.358 e. The Hall–Kier alpha value is -2.55. The van der Waals surface area contributed by atoms with Crippen LogP contribution in [0.4, 0.5) is 0 Å². The molecule has 1 saturated carbocycles. The van der Waals surface area contributed by atoms with Crippen LogP contribution in [0.2, 0.25) is 0 Å². The van der Waals surface area contributed by atoms with Gasteiger partial charge in [-0.2, -0.15) is 0 Å². The van der Waals surface area contributed by atoms with Crippen LogP contribution < -0.4 is 18.9 Å². The number of thiocarbonyl (C=S) groups is 1. The first-order valence-electron chi connectivity index (χ1n) is 9.24. The molecular weight excluding hydrogens is 396 g/mol. The maximum absolute atomic E-state index is 6.21. The van der Waals surface area contributed by atoms with Crippen molar-refractivity contribution in [1.82, 2.24) is 0 Å². The van der Waals surface area contributed by atoms with Crippen LogP contribution in [-0.2, 0) is 14.2 Å². The summed E-state index contributed by atoms with van der Waals surface area (Å²) < 4.78 is 40.2. The van der Waals surface area contributed by atoms with Crippen LogP contribution in [0.25, 0.3) is 0 Å². The minimum atomic E-state index is -0.522. The van der Waals surface area contributed by atoms with Gasteiger partial charge in [0, 0.05) is 25.7 Å². The number of hydrogen-bond acceptors (Lipinski definition) is 8. The molecule has 2 aliphatic rings.